The molecule has 1 saturated heterocycles. The van der Waals surface area contributed by atoms with Gasteiger partial charge in [-0.3, -0.25) is 4.90 Å². The van der Waals surface area contributed by atoms with E-state index in [0.717, 1.165) is 64.9 Å². The van der Waals surface area contributed by atoms with Gasteiger partial charge in [-0.15, -0.1) is 5.10 Å². The van der Waals surface area contributed by atoms with Gasteiger partial charge in [0.25, 0.3) is 0 Å². The van der Waals surface area contributed by atoms with Crippen LogP contribution in [0.1, 0.15) is 11.7 Å². The van der Waals surface area contributed by atoms with Crippen LogP contribution in [-0.2, 0) is 6.54 Å². The Kier molecular flexibility index (Phi) is 4.50. The van der Waals surface area contributed by atoms with Crippen molar-refractivity contribution >= 4 is 33.0 Å². The molecule has 0 spiro atoms. The van der Waals surface area contributed by atoms with Crippen molar-refractivity contribution in [1.82, 2.24) is 29.6 Å². The van der Waals surface area contributed by atoms with Gasteiger partial charge >= 0.3 is 0 Å². The lowest BCUT2D eigenvalue weighted by Gasteiger charge is -2.33. The van der Waals surface area contributed by atoms with Crippen LogP contribution in [0.25, 0.3) is 16.2 Å². The summed E-state index contributed by atoms with van der Waals surface area (Å²) in [5.41, 5.74) is 1.94. The van der Waals surface area contributed by atoms with Gasteiger partial charge in [0, 0.05) is 43.7 Å². The molecule has 0 saturated carbocycles. The van der Waals surface area contributed by atoms with Crippen molar-refractivity contribution in [3.05, 3.63) is 47.2 Å². The largest absolute Gasteiger partial charge is 0.344 e. The van der Waals surface area contributed by atoms with Gasteiger partial charge in [0.2, 0.25) is 16.0 Å². The lowest BCUT2D eigenvalue weighted by Crippen LogP contribution is -2.46. The first kappa shape index (κ1) is 17.6. The smallest absolute Gasteiger partial charge is 0.223 e. The van der Waals surface area contributed by atoms with E-state index in [1.807, 2.05) is 41.9 Å². The first-order chi connectivity index (χ1) is 13.6. The van der Waals surface area contributed by atoms with Crippen LogP contribution in [0.15, 0.2) is 35.0 Å². The zero-order valence-electron chi connectivity index (χ0n) is 15.2. The molecule has 5 rings (SSSR count). The van der Waals surface area contributed by atoms with Gasteiger partial charge < -0.3 is 9.42 Å². The Morgan fingerprint density at radius 1 is 1.11 bits per heavy atom. The lowest BCUT2D eigenvalue weighted by molar-refractivity contribution is 0.240. The highest BCUT2D eigenvalue weighted by Crippen LogP contribution is 2.28. The molecule has 1 aromatic carbocycles. The third kappa shape index (κ3) is 3.48. The number of nitrogens with zero attached hydrogens (tertiary/aromatic N) is 7. The molecule has 28 heavy (non-hydrogen) atoms. The van der Waals surface area contributed by atoms with Crippen LogP contribution in [0.2, 0.25) is 5.02 Å². The average molecular weight is 416 g/mol. The Morgan fingerprint density at radius 3 is 2.57 bits per heavy atom. The van der Waals surface area contributed by atoms with Crippen LogP contribution in [0.5, 0.6) is 0 Å². The molecule has 3 aromatic heterocycles. The van der Waals surface area contributed by atoms with Crippen LogP contribution >= 0.6 is 22.9 Å². The summed E-state index contributed by atoms with van der Waals surface area (Å²) in [4.78, 5) is 14.5. The summed E-state index contributed by atoms with van der Waals surface area (Å²) in [7, 11) is 0. The minimum Gasteiger partial charge on any atom is -0.344 e. The molecule has 8 nitrogen and oxygen atoms in total. The molecule has 10 heteroatoms. The fraction of sp³-hybridized carbons (Fsp3) is 0.333. The van der Waals surface area contributed by atoms with E-state index < -0.39 is 0 Å². The third-order valence-electron chi connectivity index (χ3n) is 4.75. The number of rotatable bonds is 4. The first-order valence-electron chi connectivity index (χ1n) is 9.03. The highest BCUT2D eigenvalue weighted by molar-refractivity contribution is 7.20. The maximum Gasteiger partial charge on any atom is 0.223 e. The number of aryl methyl sites for hydroxylation is 1. The second-order valence-electron chi connectivity index (χ2n) is 6.74. The lowest BCUT2D eigenvalue weighted by atomic mass is 10.2. The number of hydrogen-bond acceptors (Lipinski definition) is 8. The minimum atomic E-state index is 0.609. The van der Waals surface area contributed by atoms with Crippen LogP contribution in [-0.4, -0.2) is 55.8 Å². The summed E-state index contributed by atoms with van der Waals surface area (Å²) in [6.07, 6.45) is 1.97. The zero-order valence-corrected chi connectivity index (χ0v) is 16.8. The van der Waals surface area contributed by atoms with Gasteiger partial charge in [-0.1, -0.05) is 40.2 Å². The van der Waals surface area contributed by atoms with Gasteiger partial charge in [0.1, 0.15) is 0 Å². The van der Waals surface area contributed by atoms with Crippen molar-refractivity contribution in [1.29, 1.82) is 0 Å². The molecule has 0 bridgehead atoms. The zero-order chi connectivity index (χ0) is 19.1. The molecule has 4 heterocycles. The Morgan fingerprint density at radius 2 is 1.89 bits per heavy atom. The third-order valence-corrected chi connectivity index (χ3v) is 5.99. The maximum atomic E-state index is 5.96. The quantitative estimate of drug-likeness (QED) is 0.506. The molecule has 0 amide bonds. The van der Waals surface area contributed by atoms with E-state index in [9.17, 15) is 0 Å². The van der Waals surface area contributed by atoms with E-state index in [4.69, 9.17) is 26.2 Å². The van der Waals surface area contributed by atoms with Crippen LogP contribution in [0.4, 0.5) is 5.13 Å². The number of fused-ring (bicyclic) bond motifs is 1. The van der Waals surface area contributed by atoms with E-state index in [1.165, 1.54) is 0 Å². The fourth-order valence-electron chi connectivity index (χ4n) is 3.28. The summed E-state index contributed by atoms with van der Waals surface area (Å²) in [6.45, 7) is 6.23. The van der Waals surface area contributed by atoms with Crippen LogP contribution in [0.3, 0.4) is 0 Å². The average Bonchev–Trinajstić information content (AvgIpc) is 3.38. The van der Waals surface area contributed by atoms with Gasteiger partial charge in [0.05, 0.1) is 18.4 Å². The predicted octanol–water partition coefficient (Wildman–Crippen LogP) is 3.12. The Labute approximate surface area is 170 Å². The van der Waals surface area contributed by atoms with E-state index in [0.29, 0.717) is 5.89 Å². The number of halogens is 1. The van der Waals surface area contributed by atoms with Crippen LogP contribution in [0, 0.1) is 6.92 Å². The molecule has 0 N–H and O–H groups in total. The molecule has 144 valence electrons. The molecule has 0 aliphatic carbocycles. The molecule has 4 aromatic rings. The fourth-order valence-corrected chi connectivity index (χ4v) is 4.34. The highest BCUT2D eigenvalue weighted by Gasteiger charge is 2.22. The van der Waals surface area contributed by atoms with Crippen molar-refractivity contribution in [2.45, 2.75) is 13.5 Å². The van der Waals surface area contributed by atoms with Gasteiger partial charge in [-0.25, -0.2) is 9.50 Å². The van der Waals surface area contributed by atoms with E-state index in [2.05, 4.69) is 19.9 Å². The van der Waals surface area contributed by atoms with Crippen molar-refractivity contribution in [3.8, 4) is 11.3 Å². The number of piperazine rings is 1. The van der Waals surface area contributed by atoms with Crippen molar-refractivity contribution in [2.24, 2.45) is 0 Å². The van der Waals surface area contributed by atoms with Crippen molar-refractivity contribution in [3.63, 3.8) is 0 Å². The van der Waals surface area contributed by atoms with E-state index in [1.54, 1.807) is 11.3 Å². The SMILES string of the molecule is Cc1nc(CN2CCN(c3nn4cc(-c5ccc(Cl)cc5)nc4s3)CC2)no1. The molecule has 1 aliphatic rings. The number of hydrogen-bond donors (Lipinski definition) is 0. The van der Waals surface area contributed by atoms with Gasteiger partial charge in [-0.05, 0) is 12.1 Å². The number of imidazole rings is 1. The summed E-state index contributed by atoms with van der Waals surface area (Å²) >= 11 is 7.58. The second kappa shape index (κ2) is 7.16. The van der Waals surface area contributed by atoms with Crippen LogP contribution < -0.4 is 4.90 Å². The normalized spacial score (nSPS) is 15.6. The number of benzene rings is 1. The van der Waals surface area contributed by atoms with Gasteiger partial charge in [-0.2, -0.15) is 4.98 Å². The molecule has 0 radical (unpaired) electrons. The monoisotopic (exact) mass is 415 g/mol. The Hall–Kier alpha value is -2.49. The Bertz CT molecular complexity index is 1060. The Balaban J connectivity index is 1.25. The first-order valence-corrected chi connectivity index (χ1v) is 10.2. The molecular formula is C18H18ClN7OS. The molecule has 1 aliphatic heterocycles. The molecule has 1 fully saturated rings. The topological polar surface area (TPSA) is 75.6 Å². The van der Waals surface area contributed by atoms with Crippen molar-refractivity contribution < 1.29 is 4.52 Å². The molecule has 0 unspecified atom stereocenters. The standard InChI is InChI=1S/C18H18ClN7OS/c1-12-20-16(23-27-12)11-24-6-8-25(9-7-24)18-22-26-10-15(21-17(26)28-18)13-2-4-14(19)5-3-13/h2-5,10H,6-9,11H2,1H3. The molecule has 0 atom stereocenters. The summed E-state index contributed by atoms with van der Waals surface area (Å²) in [5, 5.41) is 10.4. The summed E-state index contributed by atoms with van der Waals surface area (Å²) in [5.74, 6) is 1.35. The maximum absolute atomic E-state index is 5.96. The summed E-state index contributed by atoms with van der Waals surface area (Å²) < 4.78 is 6.91. The number of aromatic nitrogens is 5. The molecular weight excluding hydrogens is 398 g/mol. The second-order valence-corrected chi connectivity index (χ2v) is 8.11. The number of anilines is 1. The van der Waals surface area contributed by atoms with Gasteiger partial charge in [0.15, 0.2) is 5.82 Å². The van der Waals surface area contributed by atoms with E-state index in [-0.39, 0.29) is 0 Å². The predicted molar refractivity (Wildman–Crippen MR) is 108 cm³/mol. The van der Waals surface area contributed by atoms with Crippen molar-refractivity contribution in [2.75, 3.05) is 31.1 Å². The van der Waals surface area contributed by atoms with E-state index >= 15 is 0 Å². The highest BCUT2D eigenvalue weighted by atomic mass is 35.5. The summed E-state index contributed by atoms with van der Waals surface area (Å²) in [6, 6.07) is 7.69. The minimum absolute atomic E-state index is 0.609.